The Morgan fingerprint density at radius 1 is 0.848 bits per heavy atom. The molecule has 0 saturated heterocycles. The van der Waals surface area contributed by atoms with E-state index < -0.39 is 0 Å². The average molecular weight is 441 g/mol. The summed E-state index contributed by atoms with van der Waals surface area (Å²) in [5.74, 6) is 0.176. The molecule has 1 N–H and O–H groups in total. The van der Waals surface area contributed by atoms with Crippen LogP contribution in [0, 0.1) is 13.8 Å². The minimum absolute atomic E-state index is 0.271. The molecule has 0 spiro atoms. The number of nitrogens with one attached hydrogen (secondary N) is 1. The van der Waals surface area contributed by atoms with Gasteiger partial charge in [0.05, 0.1) is 12.2 Å². The standard InChI is InChI=1S/C28H28N2O3/c1-4-33-24-14-12-23(13-15-24)29-26-25(22-11-10-19(2)20(3)18-22)27(31)30(28(26)32)17-16-21-8-6-5-7-9-21/h5-15,18,29H,4,16-17H2,1-3H3. The van der Waals surface area contributed by atoms with Crippen LogP contribution in [0.15, 0.2) is 78.5 Å². The molecule has 33 heavy (non-hydrogen) atoms. The average Bonchev–Trinajstić information content (AvgIpc) is 3.05. The number of hydrogen-bond donors (Lipinski definition) is 1. The van der Waals surface area contributed by atoms with Crippen molar-refractivity contribution in [1.29, 1.82) is 0 Å². The molecule has 0 bridgehead atoms. The van der Waals surface area contributed by atoms with E-state index in [1.807, 2.05) is 93.6 Å². The molecule has 5 heteroatoms. The van der Waals surface area contributed by atoms with Gasteiger partial charge in [-0.05, 0) is 73.7 Å². The number of ether oxygens (including phenoxy) is 1. The predicted molar refractivity (Wildman–Crippen MR) is 131 cm³/mol. The molecular formula is C28H28N2O3. The van der Waals surface area contributed by atoms with Crippen molar-refractivity contribution in [2.75, 3.05) is 18.5 Å². The monoisotopic (exact) mass is 440 g/mol. The van der Waals surface area contributed by atoms with Gasteiger partial charge in [0.25, 0.3) is 11.8 Å². The maximum Gasteiger partial charge on any atom is 0.278 e. The fourth-order valence-electron chi connectivity index (χ4n) is 3.89. The molecule has 3 aromatic carbocycles. The van der Waals surface area contributed by atoms with Gasteiger partial charge >= 0.3 is 0 Å². The molecule has 0 aromatic heterocycles. The van der Waals surface area contributed by atoms with Gasteiger partial charge in [-0.3, -0.25) is 14.5 Å². The van der Waals surface area contributed by atoms with E-state index in [0.29, 0.717) is 30.8 Å². The van der Waals surface area contributed by atoms with Crippen molar-refractivity contribution in [3.63, 3.8) is 0 Å². The molecule has 5 nitrogen and oxygen atoms in total. The van der Waals surface area contributed by atoms with Gasteiger partial charge in [0.2, 0.25) is 0 Å². The van der Waals surface area contributed by atoms with Crippen molar-refractivity contribution in [3.8, 4) is 5.75 Å². The predicted octanol–water partition coefficient (Wildman–Crippen LogP) is 5.14. The van der Waals surface area contributed by atoms with E-state index in [2.05, 4.69) is 5.32 Å². The molecule has 1 heterocycles. The lowest BCUT2D eigenvalue weighted by atomic mass is 9.99. The molecule has 3 aromatic rings. The van der Waals surface area contributed by atoms with Crippen molar-refractivity contribution in [3.05, 3.63) is 101 Å². The first-order valence-corrected chi connectivity index (χ1v) is 11.2. The summed E-state index contributed by atoms with van der Waals surface area (Å²) in [6.45, 7) is 6.87. The highest BCUT2D eigenvalue weighted by atomic mass is 16.5. The Hall–Kier alpha value is -3.86. The van der Waals surface area contributed by atoms with Crippen LogP contribution in [-0.2, 0) is 16.0 Å². The lowest BCUT2D eigenvalue weighted by Gasteiger charge is -2.15. The summed E-state index contributed by atoms with van der Waals surface area (Å²) >= 11 is 0. The number of imide groups is 1. The molecule has 2 amide bonds. The van der Waals surface area contributed by atoms with E-state index >= 15 is 0 Å². The SMILES string of the molecule is CCOc1ccc(NC2=C(c3ccc(C)c(C)c3)C(=O)N(CCc3ccccc3)C2=O)cc1. The Labute approximate surface area is 194 Å². The van der Waals surface area contributed by atoms with Crippen molar-refractivity contribution in [1.82, 2.24) is 4.90 Å². The van der Waals surface area contributed by atoms with Gasteiger partial charge in [0.15, 0.2) is 0 Å². The summed E-state index contributed by atoms with van der Waals surface area (Å²) in [5.41, 5.74) is 5.47. The van der Waals surface area contributed by atoms with Crippen LogP contribution in [0.2, 0.25) is 0 Å². The molecule has 1 aliphatic heterocycles. The second kappa shape index (κ2) is 9.74. The molecule has 4 rings (SSSR count). The van der Waals surface area contributed by atoms with E-state index in [0.717, 1.165) is 33.7 Å². The van der Waals surface area contributed by atoms with Crippen LogP contribution < -0.4 is 10.1 Å². The number of nitrogens with zero attached hydrogens (tertiary/aromatic N) is 1. The van der Waals surface area contributed by atoms with E-state index in [-0.39, 0.29) is 11.8 Å². The van der Waals surface area contributed by atoms with Crippen LogP contribution in [0.4, 0.5) is 5.69 Å². The van der Waals surface area contributed by atoms with E-state index in [4.69, 9.17) is 4.74 Å². The molecule has 0 saturated carbocycles. The summed E-state index contributed by atoms with van der Waals surface area (Å²) in [7, 11) is 0. The maximum atomic E-state index is 13.5. The third kappa shape index (κ3) is 4.82. The summed E-state index contributed by atoms with van der Waals surface area (Å²) in [4.78, 5) is 28.2. The van der Waals surface area contributed by atoms with Crippen LogP contribution >= 0.6 is 0 Å². The van der Waals surface area contributed by atoms with E-state index in [1.54, 1.807) is 0 Å². The van der Waals surface area contributed by atoms with Crippen molar-refractivity contribution >= 4 is 23.1 Å². The first-order chi connectivity index (χ1) is 16.0. The fourth-order valence-corrected chi connectivity index (χ4v) is 3.89. The van der Waals surface area contributed by atoms with E-state index in [1.165, 1.54) is 4.90 Å². The van der Waals surface area contributed by atoms with Crippen molar-refractivity contribution < 1.29 is 14.3 Å². The Bertz CT molecular complexity index is 1200. The normalized spacial score (nSPS) is 13.6. The Balaban J connectivity index is 1.66. The zero-order valence-electron chi connectivity index (χ0n) is 19.2. The van der Waals surface area contributed by atoms with Gasteiger partial charge in [-0.25, -0.2) is 0 Å². The quantitative estimate of drug-likeness (QED) is 0.493. The largest absolute Gasteiger partial charge is 0.494 e. The molecule has 1 aliphatic rings. The zero-order valence-corrected chi connectivity index (χ0v) is 19.2. The number of hydrogen-bond acceptors (Lipinski definition) is 4. The Morgan fingerprint density at radius 2 is 1.58 bits per heavy atom. The first-order valence-electron chi connectivity index (χ1n) is 11.2. The van der Waals surface area contributed by atoms with Crippen LogP contribution in [0.3, 0.4) is 0 Å². The second-order valence-electron chi connectivity index (χ2n) is 8.13. The number of carbonyl (C=O) groups excluding carboxylic acids is 2. The number of anilines is 1. The fraction of sp³-hybridized carbons (Fsp3) is 0.214. The lowest BCUT2D eigenvalue weighted by molar-refractivity contribution is -0.136. The van der Waals surface area contributed by atoms with Crippen LogP contribution in [-0.4, -0.2) is 29.9 Å². The Morgan fingerprint density at radius 3 is 2.24 bits per heavy atom. The Kier molecular flexibility index (Phi) is 6.59. The number of benzene rings is 3. The molecule has 0 atom stereocenters. The van der Waals surface area contributed by atoms with Crippen molar-refractivity contribution in [2.24, 2.45) is 0 Å². The summed E-state index contributed by atoms with van der Waals surface area (Å²) in [5, 5.41) is 3.21. The highest BCUT2D eigenvalue weighted by Gasteiger charge is 2.39. The maximum absolute atomic E-state index is 13.5. The number of amides is 2. The number of rotatable bonds is 8. The molecule has 0 aliphatic carbocycles. The zero-order chi connectivity index (χ0) is 23.4. The summed E-state index contributed by atoms with van der Waals surface area (Å²) in [6, 6.07) is 23.1. The minimum atomic E-state index is -0.307. The molecule has 0 unspecified atom stereocenters. The first kappa shape index (κ1) is 22.3. The van der Waals surface area contributed by atoms with Crippen LogP contribution in [0.25, 0.3) is 5.57 Å². The second-order valence-corrected chi connectivity index (χ2v) is 8.13. The van der Waals surface area contributed by atoms with Crippen LogP contribution in [0.5, 0.6) is 5.75 Å². The third-order valence-corrected chi connectivity index (χ3v) is 5.87. The molecule has 168 valence electrons. The number of carbonyl (C=O) groups is 2. The third-order valence-electron chi connectivity index (χ3n) is 5.87. The highest BCUT2D eigenvalue weighted by molar-refractivity contribution is 6.36. The summed E-state index contributed by atoms with van der Waals surface area (Å²) < 4.78 is 5.51. The van der Waals surface area contributed by atoms with Crippen molar-refractivity contribution in [2.45, 2.75) is 27.2 Å². The van der Waals surface area contributed by atoms with Gasteiger partial charge < -0.3 is 10.1 Å². The summed E-state index contributed by atoms with van der Waals surface area (Å²) in [6.07, 6.45) is 0.606. The van der Waals surface area contributed by atoms with Gasteiger partial charge in [0.1, 0.15) is 11.4 Å². The van der Waals surface area contributed by atoms with Gasteiger partial charge in [0, 0.05) is 12.2 Å². The lowest BCUT2D eigenvalue weighted by Crippen LogP contribution is -2.34. The minimum Gasteiger partial charge on any atom is -0.494 e. The molecule has 0 fully saturated rings. The number of aryl methyl sites for hydroxylation is 2. The van der Waals surface area contributed by atoms with Gasteiger partial charge in [-0.1, -0.05) is 48.5 Å². The van der Waals surface area contributed by atoms with Crippen LogP contribution in [0.1, 0.15) is 29.2 Å². The topological polar surface area (TPSA) is 58.6 Å². The van der Waals surface area contributed by atoms with Gasteiger partial charge in [-0.2, -0.15) is 0 Å². The van der Waals surface area contributed by atoms with E-state index in [9.17, 15) is 9.59 Å². The molecular weight excluding hydrogens is 412 g/mol. The van der Waals surface area contributed by atoms with Gasteiger partial charge in [-0.15, -0.1) is 0 Å². The highest BCUT2D eigenvalue weighted by Crippen LogP contribution is 2.32. The molecule has 0 radical (unpaired) electrons. The smallest absolute Gasteiger partial charge is 0.278 e.